The fourth-order valence-electron chi connectivity index (χ4n) is 2.94. The van der Waals surface area contributed by atoms with Gasteiger partial charge >= 0.3 is 0 Å². The molecule has 0 saturated carbocycles. The number of hydrogen-bond acceptors (Lipinski definition) is 3. The number of aliphatic hydroxyl groups excluding tert-OH is 1. The van der Waals surface area contributed by atoms with Gasteiger partial charge in [-0.2, -0.15) is 0 Å². The van der Waals surface area contributed by atoms with Gasteiger partial charge in [0.15, 0.2) is 0 Å². The molecule has 4 nitrogen and oxygen atoms in total. The van der Waals surface area contributed by atoms with Crippen molar-refractivity contribution in [1.82, 2.24) is 10.2 Å². The first-order chi connectivity index (χ1) is 11.0. The van der Waals surface area contributed by atoms with E-state index in [1.165, 1.54) is 18.4 Å². The number of carbonyl (C=O) groups is 1. The number of carbonyl (C=O) groups excluding carboxylic acids is 1. The lowest BCUT2D eigenvalue weighted by Gasteiger charge is -2.31. The largest absolute Gasteiger partial charge is 0.390 e. The molecule has 1 amide bonds. The molecule has 0 radical (unpaired) electrons. The molecule has 0 aromatic heterocycles. The third-order valence-electron chi connectivity index (χ3n) is 4.68. The van der Waals surface area contributed by atoms with Gasteiger partial charge in [-0.3, -0.25) is 4.79 Å². The van der Waals surface area contributed by atoms with Gasteiger partial charge in [0.1, 0.15) is 0 Å². The summed E-state index contributed by atoms with van der Waals surface area (Å²) >= 11 is 0. The molecule has 0 aliphatic carbocycles. The van der Waals surface area contributed by atoms with Crippen molar-refractivity contribution in [3.05, 3.63) is 35.4 Å². The van der Waals surface area contributed by atoms with Crippen LogP contribution in [0.25, 0.3) is 0 Å². The van der Waals surface area contributed by atoms with E-state index in [4.69, 9.17) is 0 Å². The van der Waals surface area contributed by atoms with E-state index in [1.54, 1.807) is 0 Å². The fraction of sp³-hybridized carbons (Fsp3) is 0.632. The van der Waals surface area contributed by atoms with E-state index in [2.05, 4.69) is 31.0 Å². The summed E-state index contributed by atoms with van der Waals surface area (Å²) in [4.78, 5) is 14.4. The minimum Gasteiger partial charge on any atom is -0.390 e. The summed E-state index contributed by atoms with van der Waals surface area (Å²) in [7, 11) is 0. The molecular formula is C19H30N2O2. The Morgan fingerprint density at radius 2 is 1.87 bits per heavy atom. The number of hydrogen-bond donors (Lipinski definition) is 2. The molecule has 1 aromatic carbocycles. The molecule has 1 atom stereocenters. The maximum absolute atomic E-state index is 12.1. The standard InChI is InChI=1S/C19H30N2O2/c1-14(2)16-4-6-17(7-5-16)19(23)20-12-18(22)13-21-10-8-15(3)9-11-21/h4-7,14-15,18,22H,8-13H2,1-3H3,(H,20,23). The van der Waals surface area contributed by atoms with Gasteiger partial charge in [0.25, 0.3) is 5.91 Å². The van der Waals surface area contributed by atoms with E-state index in [1.807, 2.05) is 24.3 Å². The Morgan fingerprint density at radius 3 is 2.43 bits per heavy atom. The minimum absolute atomic E-state index is 0.119. The second-order valence-electron chi connectivity index (χ2n) is 7.12. The normalized spacial score (nSPS) is 18.1. The number of rotatable bonds is 6. The SMILES string of the molecule is CC1CCN(CC(O)CNC(=O)c2ccc(C(C)C)cc2)CC1. The topological polar surface area (TPSA) is 52.6 Å². The second-order valence-corrected chi connectivity index (χ2v) is 7.12. The van der Waals surface area contributed by atoms with E-state index in [-0.39, 0.29) is 5.91 Å². The van der Waals surface area contributed by atoms with Gasteiger partial charge in [-0.05, 0) is 55.5 Å². The summed E-state index contributed by atoms with van der Waals surface area (Å²) in [5.41, 5.74) is 1.87. The monoisotopic (exact) mass is 318 g/mol. The molecule has 0 bridgehead atoms. The molecule has 1 aromatic rings. The van der Waals surface area contributed by atoms with Crippen molar-refractivity contribution in [1.29, 1.82) is 0 Å². The van der Waals surface area contributed by atoms with E-state index in [9.17, 15) is 9.90 Å². The van der Waals surface area contributed by atoms with Crippen LogP contribution in [0.3, 0.4) is 0 Å². The van der Waals surface area contributed by atoms with Gasteiger partial charge in [-0.1, -0.05) is 32.9 Å². The smallest absolute Gasteiger partial charge is 0.251 e. The van der Waals surface area contributed by atoms with Crippen LogP contribution in [0.2, 0.25) is 0 Å². The highest BCUT2D eigenvalue weighted by Gasteiger charge is 2.18. The Hall–Kier alpha value is -1.39. The highest BCUT2D eigenvalue weighted by Crippen LogP contribution is 2.16. The van der Waals surface area contributed by atoms with Crippen LogP contribution in [-0.2, 0) is 0 Å². The van der Waals surface area contributed by atoms with E-state index < -0.39 is 6.10 Å². The summed E-state index contributed by atoms with van der Waals surface area (Å²) in [5.74, 6) is 1.13. The maximum Gasteiger partial charge on any atom is 0.251 e. The number of amides is 1. The number of nitrogens with zero attached hydrogens (tertiary/aromatic N) is 1. The Bertz CT molecular complexity index is 491. The van der Waals surface area contributed by atoms with E-state index in [0.717, 1.165) is 19.0 Å². The molecular weight excluding hydrogens is 288 g/mol. The van der Waals surface area contributed by atoms with E-state index >= 15 is 0 Å². The molecule has 0 spiro atoms. The van der Waals surface area contributed by atoms with Gasteiger partial charge in [0, 0.05) is 18.7 Å². The van der Waals surface area contributed by atoms with Crippen LogP contribution < -0.4 is 5.32 Å². The summed E-state index contributed by atoms with van der Waals surface area (Å²) < 4.78 is 0. The van der Waals surface area contributed by atoms with E-state index in [0.29, 0.717) is 24.6 Å². The fourth-order valence-corrected chi connectivity index (χ4v) is 2.94. The maximum atomic E-state index is 12.1. The number of nitrogens with one attached hydrogen (secondary N) is 1. The van der Waals surface area contributed by atoms with Gasteiger partial charge in [0.2, 0.25) is 0 Å². The Balaban J connectivity index is 1.75. The second kappa shape index (κ2) is 8.46. The molecule has 128 valence electrons. The lowest BCUT2D eigenvalue weighted by Crippen LogP contribution is -2.43. The molecule has 23 heavy (non-hydrogen) atoms. The van der Waals surface area contributed by atoms with Crippen LogP contribution >= 0.6 is 0 Å². The van der Waals surface area contributed by atoms with Crippen LogP contribution in [0.5, 0.6) is 0 Å². The van der Waals surface area contributed by atoms with Crippen LogP contribution in [0.15, 0.2) is 24.3 Å². The first-order valence-electron chi connectivity index (χ1n) is 8.74. The van der Waals surface area contributed by atoms with Crippen molar-refractivity contribution in [2.75, 3.05) is 26.2 Å². The lowest BCUT2D eigenvalue weighted by molar-refractivity contribution is 0.0795. The first-order valence-corrected chi connectivity index (χ1v) is 8.74. The van der Waals surface area contributed by atoms with Gasteiger partial charge < -0.3 is 15.3 Å². The van der Waals surface area contributed by atoms with Crippen LogP contribution in [-0.4, -0.2) is 48.2 Å². The summed E-state index contributed by atoms with van der Waals surface area (Å²) in [5, 5.41) is 13.0. The molecule has 4 heteroatoms. The predicted molar refractivity (Wildman–Crippen MR) is 93.7 cm³/mol. The molecule has 1 heterocycles. The van der Waals surface area contributed by atoms with Crippen LogP contribution in [0, 0.1) is 5.92 Å². The zero-order chi connectivity index (χ0) is 16.8. The third-order valence-corrected chi connectivity index (χ3v) is 4.68. The molecule has 2 rings (SSSR count). The first kappa shape index (κ1) is 18.0. The van der Waals surface area contributed by atoms with Crippen LogP contribution in [0.1, 0.15) is 55.5 Å². The molecule has 1 fully saturated rings. The Labute approximate surface area is 139 Å². The Morgan fingerprint density at radius 1 is 1.26 bits per heavy atom. The van der Waals surface area contributed by atoms with Gasteiger partial charge in [-0.25, -0.2) is 0 Å². The molecule has 2 N–H and O–H groups in total. The van der Waals surface area contributed by atoms with Crippen molar-refractivity contribution >= 4 is 5.91 Å². The van der Waals surface area contributed by atoms with Gasteiger partial charge in [-0.15, -0.1) is 0 Å². The summed E-state index contributed by atoms with van der Waals surface area (Å²) in [6, 6.07) is 7.68. The molecule has 1 saturated heterocycles. The molecule has 1 aliphatic heterocycles. The van der Waals surface area contributed by atoms with Crippen molar-refractivity contribution in [3.8, 4) is 0 Å². The number of piperidine rings is 1. The van der Waals surface area contributed by atoms with Crippen molar-refractivity contribution < 1.29 is 9.90 Å². The van der Waals surface area contributed by atoms with Gasteiger partial charge in [0.05, 0.1) is 6.10 Å². The average Bonchev–Trinajstić information content (AvgIpc) is 2.55. The van der Waals surface area contributed by atoms with Crippen LogP contribution in [0.4, 0.5) is 0 Å². The number of β-amino-alcohol motifs (C(OH)–C–C–N with tert-alkyl or cyclic N) is 1. The zero-order valence-corrected chi connectivity index (χ0v) is 14.6. The quantitative estimate of drug-likeness (QED) is 0.848. The van der Waals surface area contributed by atoms with Crippen molar-refractivity contribution in [3.63, 3.8) is 0 Å². The Kier molecular flexibility index (Phi) is 6.60. The highest BCUT2D eigenvalue weighted by atomic mass is 16.3. The average molecular weight is 318 g/mol. The van der Waals surface area contributed by atoms with Crippen molar-refractivity contribution in [2.45, 2.75) is 45.6 Å². The predicted octanol–water partition coefficient (Wildman–Crippen LogP) is 2.63. The number of benzene rings is 1. The minimum atomic E-state index is -0.512. The third kappa shape index (κ3) is 5.63. The summed E-state index contributed by atoms with van der Waals surface area (Å²) in [6.07, 6.45) is 1.88. The number of aliphatic hydroxyl groups is 1. The highest BCUT2D eigenvalue weighted by molar-refractivity contribution is 5.94. The van der Waals surface area contributed by atoms with Crippen molar-refractivity contribution in [2.24, 2.45) is 5.92 Å². The lowest BCUT2D eigenvalue weighted by atomic mass is 9.99. The zero-order valence-electron chi connectivity index (χ0n) is 14.6. The number of likely N-dealkylation sites (tertiary alicyclic amines) is 1. The molecule has 1 aliphatic rings. The molecule has 1 unspecified atom stereocenters. The summed E-state index contributed by atoms with van der Waals surface area (Å²) in [6.45, 7) is 9.57.